The van der Waals surface area contributed by atoms with Crippen molar-refractivity contribution in [1.82, 2.24) is 19.9 Å². The van der Waals surface area contributed by atoms with Crippen LogP contribution in [0.25, 0.3) is 0 Å². The van der Waals surface area contributed by atoms with Crippen molar-refractivity contribution in [1.29, 1.82) is 0 Å². The number of hydrogen-bond donors (Lipinski definition) is 0. The summed E-state index contributed by atoms with van der Waals surface area (Å²) in [4.78, 5) is 15.4. The summed E-state index contributed by atoms with van der Waals surface area (Å²) in [5.41, 5.74) is 2.10. The fraction of sp³-hybridized carbons (Fsp3) is 0.235. The zero-order valence-corrected chi connectivity index (χ0v) is 13.7. The first kappa shape index (κ1) is 15.7. The van der Waals surface area contributed by atoms with Crippen molar-refractivity contribution >= 4 is 11.8 Å². The van der Waals surface area contributed by atoms with Gasteiger partial charge in [-0.3, -0.25) is 9.88 Å². The summed E-state index contributed by atoms with van der Waals surface area (Å²) >= 11 is 1.54. The predicted molar refractivity (Wildman–Crippen MR) is 89.7 cm³/mol. The van der Waals surface area contributed by atoms with Crippen LogP contribution in [0.4, 0.5) is 0 Å². The van der Waals surface area contributed by atoms with Gasteiger partial charge >= 0.3 is 0 Å². The molecule has 3 heterocycles. The van der Waals surface area contributed by atoms with Gasteiger partial charge in [-0.25, -0.2) is 9.97 Å². The van der Waals surface area contributed by atoms with E-state index in [9.17, 15) is 0 Å². The molecule has 0 atom stereocenters. The highest BCUT2D eigenvalue weighted by molar-refractivity contribution is 7.98. The zero-order valence-electron chi connectivity index (χ0n) is 12.9. The van der Waals surface area contributed by atoms with Crippen LogP contribution >= 0.6 is 11.8 Å². The van der Waals surface area contributed by atoms with Gasteiger partial charge in [-0.15, -0.1) is 0 Å². The van der Waals surface area contributed by atoms with E-state index in [1.54, 1.807) is 18.0 Å². The van der Waals surface area contributed by atoms with Gasteiger partial charge in [-0.2, -0.15) is 0 Å². The first-order chi connectivity index (χ1) is 11.3. The molecule has 3 aromatic rings. The standard InChI is InChI=1S/C17H18N4OS/c1-23-17-19-9-14(10-20-17)11-21(13-16-6-4-8-22-16)12-15-5-2-3-7-18-15/h2-10H,11-13H2,1H3. The molecule has 0 aliphatic rings. The Morgan fingerprint density at radius 1 is 1.00 bits per heavy atom. The van der Waals surface area contributed by atoms with Crippen LogP contribution in [0.3, 0.4) is 0 Å². The molecule has 0 spiro atoms. The normalized spacial score (nSPS) is 11.0. The van der Waals surface area contributed by atoms with E-state index in [4.69, 9.17) is 4.42 Å². The fourth-order valence-electron chi connectivity index (χ4n) is 2.30. The third kappa shape index (κ3) is 4.64. The van der Waals surface area contributed by atoms with E-state index < -0.39 is 0 Å². The third-order valence-corrected chi connectivity index (χ3v) is 3.92. The largest absolute Gasteiger partial charge is 0.468 e. The van der Waals surface area contributed by atoms with Crippen molar-refractivity contribution in [2.75, 3.05) is 6.26 Å². The molecule has 3 rings (SSSR count). The average molecular weight is 326 g/mol. The summed E-state index contributed by atoms with van der Waals surface area (Å²) in [6.07, 6.45) is 9.25. The van der Waals surface area contributed by atoms with Gasteiger partial charge in [0.25, 0.3) is 0 Å². The smallest absolute Gasteiger partial charge is 0.187 e. The summed E-state index contributed by atoms with van der Waals surface area (Å²) in [5.74, 6) is 0.933. The van der Waals surface area contributed by atoms with Gasteiger partial charge in [-0.05, 0) is 30.5 Å². The molecule has 118 valence electrons. The van der Waals surface area contributed by atoms with Crippen molar-refractivity contribution in [2.45, 2.75) is 24.8 Å². The Morgan fingerprint density at radius 3 is 2.52 bits per heavy atom. The Hall–Kier alpha value is -2.18. The second-order valence-corrected chi connectivity index (χ2v) is 5.90. The van der Waals surface area contributed by atoms with Gasteiger partial charge in [0.15, 0.2) is 5.16 Å². The van der Waals surface area contributed by atoms with Crippen LogP contribution in [0.5, 0.6) is 0 Å². The lowest BCUT2D eigenvalue weighted by Crippen LogP contribution is -2.23. The number of furan rings is 1. The maximum Gasteiger partial charge on any atom is 0.187 e. The molecule has 0 bridgehead atoms. The zero-order chi connectivity index (χ0) is 15.9. The van der Waals surface area contributed by atoms with Gasteiger partial charge in [0.05, 0.1) is 18.5 Å². The molecule has 0 N–H and O–H groups in total. The minimum Gasteiger partial charge on any atom is -0.468 e. The summed E-state index contributed by atoms with van der Waals surface area (Å²) < 4.78 is 5.48. The lowest BCUT2D eigenvalue weighted by Gasteiger charge is -2.20. The van der Waals surface area contributed by atoms with Crippen LogP contribution in [0.2, 0.25) is 0 Å². The predicted octanol–water partition coefficient (Wildman–Crippen LogP) is 3.39. The highest BCUT2D eigenvalue weighted by atomic mass is 32.2. The number of hydrogen-bond acceptors (Lipinski definition) is 6. The fourth-order valence-corrected chi connectivity index (χ4v) is 2.62. The molecule has 0 unspecified atom stereocenters. The Balaban J connectivity index is 1.73. The quantitative estimate of drug-likeness (QED) is 0.490. The molecule has 23 heavy (non-hydrogen) atoms. The van der Waals surface area contributed by atoms with Gasteiger partial charge in [0.2, 0.25) is 0 Å². The number of pyridine rings is 1. The molecule has 3 aromatic heterocycles. The van der Waals surface area contributed by atoms with E-state index in [-0.39, 0.29) is 0 Å². The first-order valence-electron chi connectivity index (χ1n) is 7.33. The summed E-state index contributed by atoms with van der Waals surface area (Å²) in [6, 6.07) is 9.85. The van der Waals surface area contributed by atoms with Crippen LogP contribution in [-0.2, 0) is 19.6 Å². The first-order valence-corrected chi connectivity index (χ1v) is 8.55. The topological polar surface area (TPSA) is 55.1 Å². The average Bonchev–Trinajstić information content (AvgIpc) is 3.09. The van der Waals surface area contributed by atoms with E-state index >= 15 is 0 Å². The van der Waals surface area contributed by atoms with Crippen molar-refractivity contribution < 1.29 is 4.42 Å². The van der Waals surface area contributed by atoms with Gasteiger partial charge in [-0.1, -0.05) is 17.8 Å². The van der Waals surface area contributed by atoms with E-state index in [0.29, 0.717) is 6.54 Å². The van der Waals surface area contributed by atoms with E-state index in [1.165, 1.54) is 0 Å². The van der Waals surface area contributed by atoms with Crippen LogP contribution in [0.1, 0.15) is 17.0 Å². The molecule has 0 amide bonds. The van der Waals surface area contributed by atoms with E-state index in [1.807, 2.05) is 55.2 Å². The molecule has 6 heteroatoms. The molecular formula is C17H18N4OS. The molecule has 0 radical (unpaired) electrons. The molecule has 0 aromatic carbocycles. The van der Waals surface area contributed by atoms with Crippen molar-refractivity contribution in [3.8, 4) is 0 Å². The van der Waals surface area contributed by atoms with Crippen LogP contribution in [-0.4, -0.2) is 26.1 Å². The second-order valence-electron chi connectivity index (χ2n) is 5.12. The molecule has 5 nitrogen and oxygen atoms in total. The SMILES string of the molecule is CSc1ncc(CN(Cc2ccccn2)Cc2ccco2)cn1. The van der Waals surface area contributed by atoms with Crippen molar-refractivity contribution in [3.63, 3.8) is 0 Å². The van der Waals surface area contributed by atoms with Gasteiger partial charge < -0.3 is 4.42 Å². The molecule has 0 aliphatic heterocycles. The number of thioether (sulfide) groups is 1. The minimum absolute atomic E-state index is 0.716. The maximum atomic E-state index is 5.48. The second kappa shape index (κ2) is 7.89. The number of rotatable bonds is 7. The Morgan fingerprint density at radius 2 is 1.87 bits per heavy atom. The van der Waals surface area contributed by atoms with Crippen LogP contribution < -0.4 is 0 Å². The van der Waals surface area contributed by atoms with Crippen molar-refractivity contribution in [2.24, 2.45) is 0 Å². The lowest BCUT2D eigenvalue weighted by atomic mass is 10.2. The molecule has 0 aliphatic carbocycles. The monoisotopic (exact) mass is 326 g/mol. The Kier molecular flexibility index (Phi) is 5.39. The lowest BCUT2D eigenvalue weighted by molar-refractivity contribution is 0.223. The van der Waals surface area contributed by atoms with Gasteiger partial charge in [0.1, 0.15) is 5.76 Å². The minimum atomic E-state index is 0.716. The van der Waals surface area contributed by atoms with Crippen molar-refractivity contribution in [3.05, 3.63) is 72.2 Å². The maximum absolute atomic E-state index is 5.48. The molecular weight excluding hydrogens is 308 g/mol. The highest BCUT2D eigenvalue weighted by Gasteiger charge is 2.11. The van der Waals surface area contributed by atoms with Crippen LogP contribution in [0.15, 0.2) is 64.8 Å². The molecule has 0 saturated heterocycles. The number of aromatic nitrogens is 3. The highest BCUT2D eigenvalue weighted by Crippen LogP contribution is 2.14. The van der Waals surface area contributed by atoms with Gasteiger partial charge in [0, 0.05) is 37.2 Å². The van der Waals surface area contributed by atoms with Crippen LogP contribution in [0, 0.1) is 0 Å². The summed E-state index contributed by atoms with van der Waals surface area (Å²) in [7, 11) is 0. The third-order valence-electron chi connectivity index (χ3n) is 3.34. The molecule has 0 saturated carbocycles. The Labute approximate surface area is 139 Å². The summed E-state index contributed by atoms with van der Waals surface area (Å²) in [5, 5.41) is 0.788. The van der Waals surface area contributed by atoms with E-state index in [0.717, 1.165) is 35.3 Å². The summed E-state index contributed by atoms with van der Waals surface area (Å²) in [6.45, 7) is 2.20. The molecule has 0 fully saturated rings. The van der Waals surface area contributed by atoms with E-state index in [2.05, 4.69) is 19.9 Å². The Bertz CT molecular complexity index is 701. The number of nitrogens with zero attached hydrogens (tertiary/aromatic N) is 4.